The lowest BCUT2D eigenvalue weighted by Crippen LogP contribution is -2.25. The molecule has 0 aliphatic carbocycles. The first kappa shape index (κ1) is 9.01. The smallest absolute Gasteiger partial charge is 0.165 e. The summed E-state index contributed by atoms with van der Waals surface area (Å²) in [5.74, 6) is -0.347. The van der Waals surface area contributed by atoms with Crippen LogP contribution in [0, 0.1) is 6.92 Å². The summed E-state index contributed by atoms with van der Waals surface area (Å²) in [6, 6.07) is 0. The topological polar surface area (TPSA) is 18.5 Å². The second-order valence-corrected chi connectivity index (χ2v) is 3.12. The third-order valence-electron chi connectivity index (χ3n) is 2.12. The van der Waals surface area contributed by atoms with E-state index in [0.717, 1.165) is 12.8 Å². The Morgan fingerprint density at radius 3 is 2.82 bits per heavy atom. The van der Waals surface area contributed by atoms with Crippen LogP contribution < -0.4 is 0 Å². The van der Waals surface area contributed by atoms with Crippen molar-refractivity contribution >= 4 is 0 Å². The summed E-state index contributed by atoms with van der Waals surface area (Å²) in [5, 5.41) is 0. The maximum Gasteiger partial charge on any atom is 0.165 e. The highest BCUT2D eigenvalue weighted by atomic mass is 16.7. The van der Waals surface area contributed by atoms with Crippen molar-refractivity contribution < 1.29 is 9.47 Å². The van der Waals surface area contributed by atoms with Gasteiger partial charge in [-0.3, -0.25) is 0 Å². The van der Waals surface area contributed by atoms with E-state index in [2.05, 4.69) is 6.92 Å². The van der Waals surface area contributed by atoms with E-state index in [1.54, 1.807) is 0 Å². The molecule has 11 heavy (non-hydrogen) atoms. The minimum atomic E-state index is -0.347. The molecule has 64 valence electrons. The Morgan fingerprint density at radius 1 is 1.64 bits per heavy atom. The van der Waals surface area contributed by atoms with Gasteiger partial charge < -0.3 is 9.47 Å². The van der Waals surface area contributed by atoms with Crippen molar-refractivity contribution in [2.45, 2.75) is 45.0 Å². The summed E-state index contributed by atoms with van der Waals surface area (Å²) in [4.78, 5) is 0. The van der Waals surface area contributed by atoms with Crippen LogP contribution in [0.4, 0.5) is 0 Å². The lowest BCUT2D eigenvalue weighted by molar-refractivity contribution is -0.155. The van der Waals surface area contributed by atoms with Crippen molar-refractivity contribution in [2.75, 3.05) is 6.61 Å². The molecule has 1 rings (SSSR count). The van der Waals surface area contributed by atoms with E-state index in [0.29, 0.717) is 13.0 Å². The van der Waals surface area contributed by atoms with Crippen molar-refractivity contribution in [2.24, 2.45) is 0 Å². The molecule has 2 heteroatoms. The maximum absolute atomic E-state index is 5.64. The molecule has 1 saturated heterocycles. The summed E-state index contributed by atoms with van der Waals surface area (Å²) >= 11 is 0. The number of hydrogen-bond acceptors (Lipinski definition) is 2. The predicted octanol–water partition coefficient (Wildman–Crippen LogP) is 2.02. The Balaban J connectivity index is 2.33. The molecule has 0 spiro atoms. The summed E-state index contributed by atoms with van der Waals surface area (Å²) in [6.07, 6.45) is 2.68. The zero-order valence-corrected chi connectivity index (χ0v) is 7.30. The lowest BCUT2D eigenvalue weighted by atomic mass is 10.2. The largest absolute Gasteiger partial charge is 0.348 e. The van der Waals surface area contributed by atoms with Crippen molar-refractivity contribution in [3.63, 3.8) is 0 Å². The van der Waals surface area contributed by atoms with E-state index in [9.17, 15) is 0 Å². The van der Waals surface area contributed by atoms with Crippen LogP contribution in [0.25, 0.3) is 0 Å². The Kier molecular flexibility index (Phi) is 2.90. The zero-order valence-electron chi connectivity index (χ0n) is 7.30. The molecule has 1 fully saturated rings. The van der Waals surface area contributed by atoms with Crippen molar-refractivity contribution in [3.05, 3.63) is 6.92 Å². The van der Waals surface area contributed by atoms with E-state index in [1.165, 1.54) is 0 Å². The first-order chi connectivity index (χ1) is 5.20. The summed E-state index contributed by atoms with van der Waals surface area (Å²) < 4.78 is 11.1. The van der Waals surface area contributed by atoms with Gasteiger partial charge in [-0.25, -0.2) is 0 Å². The van der Waals surface area contributed by atoms with Gasteiger partial charge in [-0.2, -0.15) is 0 Å². The molecule has 2 atom stereocenters. The number of hydrogen-bond donors (Lipinski definition) is 0. The van der Waals surface area contributed by atoms with Crippen LogP contribution in [0.5, 0.6) is 0 Å². The molecular formula is C9H16O2. The minimum Gasteiger partial charge on any atom is -0.348 e. The highest BCUT2D eigenvalue weighted by molar-refractivity contribution is 4.73. The van der Waals surface area contributed by atoms with Gasteiger partial charge in [0.25, 0.3) is 0 Å². The third kappa shape index (κ3) is 2.17. The van der Waals surface area contributed by atoms with Crippen LogP contribution in [-0.4, -0.2) is 18.5 Å². The van der Waals surface area contributed by atoms with Gasteiger partial charge in [-0.05, 0) is 33.1 Å². The van der Waals surface area contributed by atoms with Crippen molar-refractivity contribution in [3.8, 4) is 0 Å². The van der Waals surface area contributed by atoms with Crippen LogP contribution in [-0.2, 0) is 9.47 Å². The first-order valence-corrected chi connectivity index (χ1v) is 4.22. The second kappa shape index (κ2) is 3.55. The fourth-order valence-corrected chi connectivity index (χ4v) is 1.20. The monoisotopic (exact) mass is 156 g/mol. The van der Waals surface area contributed by atoms with Gasteiger partial charge in [0.1, 0.15) is 0 Å². The quantitative estimate of drug-likeness (QED) is 0.622. The highest BCUT2D eigenvalue weighted by Crippen LogP contribution is 2.27. The second-order valence-electron chi connectivity index (χ2n) is 3.12. The molecule has 0 aromatic carbocycles. The molecule has 0 aromatic heterocycles. The Morgan fingerprint density at radius 2 is 2.36 bits per heavy atom. The van der Waals surface area contributed by atoms with Gasteiger partial charge in [0.2, 0.25) is 0 Å². The van der Waals surface area contributed by atoms with Crippen LogP contribution in [0.2, 0.25) is 0 Å². The van der Waals surface area contributed by atoms with E-state index >= 15 is 0 Å². The van der Waals surface area contributed by atoms with Gasteiger partial charge >= 0.3 is 0 Å². The molecule has 1 heterocycles. The van der Waals surface area contributed by atoms with Crippen LogP contribution in [0.15, 0.2) is 0 Å². The minimum absolute atomic E-state index is 0.213. The van der Waals surface area contributed by atoms with Gasteiger partial charge in [0, 0.05) is 0 Å². The lowest BCUT2D eigenvalue weighted by Gasteiger charge is -2.20. The Labute approximate surface area is 68.9 Å². The Hall–Kier alpha value is -0.0800. The number of ether oxygens (including phenoxy) is 2. The van der Waals surface area contributed by atoms with Gasteiger partial charge in [-0.15, -0.1) is 0 Å². The third-order valence-corrected chi connectivity index (χ3v) is 2.12. The maximum atomic E-state index is 5.64. The SMILES string of the molecule is [CH]CCC1COC(C)(CC)O1. The molecule has 0 aromatic rings. The molecule has 2 radical (unpaired) electrons. The van der Waals surface area contributed by atoms with Crippen molar-refractivity contribution in [1.29, 1.82) is 0 Å². The molecule has 1 aliphatic rings. The zero-order chi connectivity index (χ0) is 8.32. The van der Waals surface area contributed by atoms with Gasteiger partial charge in [0.05, 0.1) is 12.7 Å². The van der Waals surface area contributed by atoms with Crippen LogP contribution >= 0.6 is 0 Å². The molecular weight excluding hydrogens is 140 g/mol. The Bertz CT molecular complexity index is 125. The predicted molar refractivity (Wildman–Crippen MR) is 43.1 cm³/mol. The van der Waals surface area contributed by atoms with Crippen molar-refractivity contribution in [1.82, 2.24) is 0 Å². The fourth-order valence-electron chi connectivity index (χ4n) is 1.20. The summed E-state index contributed by atoms with van der Waals surface area (Å²) in [5.41, 5.74) is 0. The van der Waals surface area contributed by atoms with Crippen LogP contribution in [0.1, 0.15) is 33.1 Å². The van der Waals surface area contributed by atoms with Crippen LogP contribution in [0.3, 0.4) is 0 Å². The first-order valence-electron chi connectivity index (χ1n) is 4.22. The molecule has 1 aliphatic heterocycles. The molecule has 0 N–H and O–H groups in total. The fraction of sp³-hybridized carbons (Fsp3) is 0.889. The molecule has 2 unspecified atom stereocenters. The molecule has 0 bridgehead atoms. The van der Waals surface area contributed by atoms with Gasteiger partial charge in [-0.1, -0.05) is 6.92 Å². The van der Waals surface area contributed by atoms with E-state index < -0.39 is 0 Å². The van der Waals surface area contributed by atoms with E-state index in [1.807, 2.05) is 6.92 Å². The highest BCUT2D eigenvalue weighted by Gasteiger charge is 2.34. The molecule has 0 saturated carbocycles. The molecule has 2 nitrogen and oxygen atoms in total. The summed E-state index contributed by atoms with van der Waals surface area (Å²) in [7, 11) is 0. The average Bonchev–Trinajstić information content (AvgIpc) is 2.35. The molecule has 0 amide bonds. The summed E-state index contributed by atoms with van der Waals surface area (Å²) in [6.45, 7) is 10.1. The number of rotatable bonds is 3. The van der Waals surface area contributed by atoms with E-state index in [4.69, 9.17) is 16.4 Å². The van der Waals surface area contributed by atoms with E-state index in [-0.39, 0.29) is 11.9 Å². The van der Waals surface area contributed by atoms with Gasteiger partial charge in [0.15, 0.2) is 5.79 Å². The standard InChI is InChI=1S/C9H16O2/c1-4-6-8-7-10-9(3,5-2)11-8/h1,8H,4-7H2,2-3H3. The normalized spacial score (nSPS) is 37.9. The average molecular weight is 156 g/mol.